The fourth-order valence-electron chi connectivity index (χ4n) is 10.7. The molecule has 7 nitrogen and oxygen atoms in total. The molecule has 2 amide bonds. The fourth-order valence-corrected chi connectivity index (χ4v) is 10.7. The Morgan fingerprint density at radius 3 is 2.40 bits per heavy atom. The van der Waals surface area contributed by atoms with Crippen LogP contribution in [0.2, 0.25) is 0 Å². The molecule has 3 N–H and O–H groups in total. The highest BCUT2D eigenvalue weighted by atomic mass is 16.3. The first kappa shape index (κ1) is 31.0. The Morgan fingerprint density at radius 1 is 0.953 bits per heavy atom. The molecular weight excluding hydrogens is 538 g/mol. The van der Waals surface area contributed by atoms with Gasteiger partial charge in [0, 0.05) is 45.1 Å². The molecule has 4 aliphatic carbocycles. The van der Waals surface area contributed by atoms with Crippen LogP contribution in [0.5, 0.6) is 0 Å². The van der Waals surface area contributed by atoms with Gasteiger partial charge in [-0.2, -0.15) is 0 Å². The summed E-state index contributed by atoms with van der Waals surface area (Å²) in [5.41, 5.74) is 1.36. The topological polar surface area (TPSA) is 93.1 Å². The van der Waals surface area contributed by atoms with Crippen LogP contribution in [0.1, 0.15) is 90.5 Å². The van der Waals surface area contributed by atoms with Gasteiger partial charge in [0.2, 0.25) is 11.8 Å². The molecule has 10 atom stereocenters. The maximum absolute atomic E-state index is 13.8. The molecule has 0 spiro atoms. The number of fused-ring (bicyclic) bond motifs is 5. The molecule has 1 aromatic carbocycles. The minimum Gasteiger partial charge on any atom is -0.393 e. The lowest BCUT2D eigenvalue weighted by Crippen LogP contribution is -2.63. The normalized spacial score (nSPS) is 40.2. The molecule has 6 rings (SSSR count). The van der Waals surface area contributed by atoms with Crippen molar-refractivity contribution in [2.45, 2.75) is 116 Å². The Labute approximate surface area is 258 Å². The summed E-state index contributed by atoms with van der Waals surface area (Å²) < 4.78 is 0. The molecule has 4 saturated carbocycles. The van der Waals surface area contributed by atoms with Gasteiger partial charge in [0.1, 0.15) is 6.04 Å². The number of hydrogen-bond acceptors (Lipinski definition) is 5. The largest absolute Gasteiger partial charge is 0.393 e. The number of aliphatic hydroxyl groups excluding tert-OH is 2. The molecule has 0 aromatic heterocycles. The predicted octanol–water partition coefficient (Wildman–Crippen LogP) is 4.40. The van der Waals surface area contributed by atoms with Crippen molar-refractivity contribution in [3.63, 3.8) is 0 Å². The van der Waals surface area contributed by atoms with Gasteiger partial charge in [-0.05, 0) is 97.9 Å². The van der Waals surface area contributed by atoms with Crippen molar-refractivity contribution in [1.29, 1.82) is 0 Å². The van der Waals surface area contributed by atoms with Crippen LogP contribution in [-0.2, 0) is 16.0 Å². The molecule has 0 radical (unpaired) electrons. The van der Waals surface area contributed by atoms with Crippen LogP contribution >= 0.6 is 0 Å². The second-order valence-corrected chi connectivity index (χ2v) is 15.3. The third-order valence-corrected chi connectivity index (χ3v) is 13.1. The highest BCUT2D eigenvalue weighted by Gasteiger charge is 2.61. The van der Waals surface area contributed by atoms with E-state index in [4.69, 9.17) is 0 Å². The zero-order valence-electron chi connectivity index (χ0n) is 26.7. The van der Waals surface area contributed by atoms with Crippen molar-refractivity contribution in [2.75, 3.05) is 26.2 Å². The molecule has 1 heterocycles. The van der Waals surface area contributed by atoms with Crippen LogP contribution in [0.25, 0.3) is 0 Å². The highest BCUT2D eigenvalue weighted by Crippen LogP contribution is 2.66. The van der Waals surface area contributed by atoms with Crippen molar-refractivity contribution < 1.29 is 19.8 Å². The Kier molecular flexibility index (Phi) is 8.98. The lowest BCUT2D eigenvalue weighted by Gasteiger charge is -2.62. The lowest BCUT2D eigenvalue weighted by atomic mass is 9.44. The fraction of sp³-hybridized carbons (Fsp3) is 0.778. The van der Waals surface area contributed by atoms with Crippen molar-refractivity contribution in [3.05, 3.63) is 35.9 Å². The summed E-state index contributed by atoms with van der Waals surface area (Å²) in [6.45, 7) is 9.64. The van der Waals surface area contributed by atoms with Gasteiger partial charge in [-0.15, -0.1) is 0 Å². The standard InChI is InChI=1S/C36H55N3O4/c1-4-8-33(42)37-29(21-24-9-6-5-7-10-24)34(43)39-19-17-38(18-20-39)30-23-36(3)25(22-31(30)40)11-12-26-27-13-14-32(41)35(27,2)16-15-28(26)36/h5-7,9-10,25-32,40-41H,4,8,11-23H2,1-3H3,(H,37,42)/t25-,26-,27-,28-,29-,30-,31-,32-,35-,36-/m0/s1. The van der Waals surface area contributed by atoms with E-state index in [9.17, 15) is 19.8 Å². The van der Waals surface area contributed by atoms with E-state index in [1.807, 2.05) is 42.2 Å². The Balaban J connectivity index is 1.11. The van der Waals surface area contributed by atoms with Gasteiger partial charge in [-0.3, -0.25) is 14.5 Å². The monoisotopic (exact) mass is 593 g/mol. The van der Waals surface area contributed by atoms with Crippen molar-refractivity contribution in [1.82, 2.24) is 15.1 Å². The van der Waals surface area contributed by atoms with Gasteiger partial charge in [0.15, 0.2) is 0 Å². The smallest absolute Gasteiger partial charge is 0.245 e. The molecule has 7 heteroatoms. The average Bonchev–Trinajstić information content (AvgIpc) is 3.31. The number of carbonyl (C=O) groups excluding carboxylic acids is 2. The number of aliphatic hydroxyl groups is 2. The number of piperazine rings is 1. The summed E-state index contributed by atoms with van der Waals surface area (Å²) in [6.07, 6.45) is 10.1. The molecule has 1 aromatic rings. The summed E-state index contributed by atoms with van der Waals surface area (Å²) in [6, 6.07) is 9.51. The summed E-state index contributed by atoms with van der Waals surface area (Å²) in [7, 11) is 0. The molecule has 0 bridgehead atoms. The van der Waals surface area contributed by atoms with E-state index in [-0.39, 0.29) is 40.9 Å². The zero-order valence-corrected chi connectivity index (χ0v) is 26.7. The third-order valence-electron chi connectivity index (χ3n) is 13.1. The van der Waals surface area contributed by atoms with E-state index >= 15 is 0 Å². The maximum Gasteiger partial charge on any atom is 0.245 e. The molecular formula is C36H55N3O4. The first-order valence-electron chi connectivity index (χ1n) is 17.4. The zero-order chi connectivity index (χ0) is 30.4. The van der Waals surface area contributed by atoms with E-state index in [2.05, 4.69) is 24.1 Å². The third kappa shape index (κ3) is 5.79. The number of nitrogens with one attached hydrogen (secondary N) is 1. The van der Waals surface area contributed by atoms with E-state index in [0.29, 0.717) is 49.6 Å². The maximum atomic E-state index is 13.8. The minimum atomic E-state index is -0.557. The van der Waals surface area contributed by atoms with Crippen LogP contribution in [0.4, 0.5) is 0 Å². The molecule has 43 heavy (non-hydrogen) atoms. The first-order chi connectivity index (χ1) is 20.6. The first-order valence-corrected chi connectivity index (χ1v) is 17.4. The lowest BCUT2D eigenvalue weighted by molar-refractivity contribution is -0.157. The quantitative estimate of drug-likeness (QED) is 0.436. The second kappa shape index (κ2) is 12.4. The number of amides is 2. The Bertz CT molecular complexity index is 1140. The van der Waals surface area contributed by atoms with Gasteiger partial charge in [0.05, 0.1) is 12.2 Å². The van der Waals surface area contributed by atoms with Gasteiger partial charge in [0.25, 0.3) is 0 Å². The molecule has 1 aliphatic heterocycles. The van der Waals surface area contributed by atoms with E-state index in [1.54, 1.807) is 0 Å². The van der Waals surface area contributed by atoms with E-state index < -0.39 is 6.04 Å². The van der Waals surface area contributed by atoms with Crippen LogP contribution in [0, 0.1) is 34.5 Å². The van der Waals surface area contributed by atoms with Crippen LogP contribution in [0.15, 0.2) is 30.3 Å². The van der Waals surface area contributed by atoms with E-state index in [0.717, 1.165) is 50.8 Å². The summed E-state index contributed by atoms with van der Waals surface area (Å²) >= 11 is 0. The van der Waals surface area contributed by atoms with Crippen molar-refractivity contribution in [2.24, 2.45) is 34.5 Å². The number of benzene rings is 1. The van der Waals surface area contributed by atoms with Crippen molar-refractivity contribution >= 4 is 11.8 Å². The summed E-state index contributed by atoms with van der Waals surface area (Å²) in [5.74, 6) is 2.53. The number of carbonyl (C=O) groups is 2. The Hall–Kier alpha value is -1.96. The average molecular weight is 594 g/mol. The number of hydrogen-bond donors (Lipinski definition) is 3. The second-order valence-electron chi connectivity index (χ2n) is 15.3. The molecule has 238 valence electrons. The van der Waals surface area contributed by atoms with Crippen molar-refractivity contribution in [3.8, 4) is 0 Å². The van der Waals surface area contributed by atoms with Gasteiger partial charge in [-0.1, -0.05) is 51.1 Å². The van der Waals surface area contributed by atoms with Crippen LogP contribution in [-0.4, -0.2) is 82.3 Å². The van der Waals surface area contributed by atoms with Gasteiger partial charge in [-0.25, -0.2) is 0 Å². The van der Waals surface area contributed by atoms with Crippen LogP contribution in [0.3, 0.4) is 0 Å². The molecule has 5 aliphatic rings. The minimum absolute atomic E-state index is 0.00306. The van der Waals surface area contributed by atoms with Gasteiger partial charge >= 0.3 is 0 Å². The van der Waals surface area contributed by atoms with E-state index in [1.165, 1.54) is 25.7 Å². The van der Waals surface area contributed by atoms with Gasteiger partial charge < -0.3 is 20.4 Å². The summed E-state index contributed by atoms with van der Waals surface area (Å²) in [4.78, 5) is 30.7. The number of rotatable bonds is 7. The van der Waals surface area contributed by atoms with Crippen LogP contribution < -0.4 is 5.32 Å². The SMILES string of the molecule is CCCC(=O)N[C@@H](Cc1ccccc1)C(=O)N1CCN([C@H]2C[C@@]3(C)[C@@H](CC[C@@H]4[C@@H]3CC[C@]3(C)[C@@H](O)CC[C@@H]43)C[C@@H]2O)CC1. The molecule has 1 saturated heterocycles. The highest BCUT2D eigenvalue weighted by molar-refractivity contribution is 5.88. The number of nitrogens with zero attached hydrogens (tertiary/aromatic N) is 2. The molecule has 0 unspecified atom stereocenters. The predicted molar refractivity (Wildman–Crippen MR) is 168 cm³/mol. The molecule has 5 fully saturated rings. The summed E-state index contributed by atoms with van der Waals surface area (Å²) in [5, 5.41) is 25.4. The Morgan fingerprint density at radius 2 is 1.67 bits per heavy atom.